The summed E-state index contributed by atoms with van der Waals surface area (Å²) in [4.78, 5) is 10.7. The van der Waals surface area contributed by atoms with Crippen LogP contribution < -0.4 is 0 Å². The van der Waals surface area contributed by atoms with Gasteiger partial charge in [-0.1, -0.05) is 209 Å². The second-order valence-electron chi connectivity index (χ2n) is 22.1. The van der Waals surface area contributed by atoms with Gasteiger partial charge in [0.25, 0.3) is 0 Å². The van der Waals surface area contributed by atoms with Gasteiger partial charge in [-0.05, 0) is 103 Å². The third-order valence-corrected chi connectivity index (χ3v) is 14.7. The standard InChI is InChI=1S/C65H66N3O.Pt/c1-41(2)48-37-54(42(3)4)61(69)56(38-48)62-67-60-53(24-19-25-59(60)68(62)58-31-30-51(65(11,12)64(8,9)10)40-55(58)46-22-17-14-18-23-46)49-34-50(36-52(35-49)63(5,6)7)57-39-47(32-33-66-57)45-28-26-44(27-29-45)43-20-15-13-16-21-43;/h13-33,35-42,69H,1-12H3;/q-1;. The fourth-order valence-electron chi connectivity index (χ4n) is 9.30. The Morgan fingerprint density at radius 2 is 1.14 bits per heavy atom. The molecule has 9 rings (SSSR count). The molecule has 4 nitrogen and oxygen atoms in total. The maximum absolute atomic E-state index is 12.4. The fourth-order valence-corrected chi connectivity index (χ4v) is 9.30. The summed E-state index contributed by atoms with van der Waals surface area (Å²) in [5.74, 6) is 1.30. The third-order valence-electron chi connectivity index (χ3n) is 14.7. The van der Waals surface area contributed by atoms with Crippen LogP contribution in [0.4, 0.5) is 0 Å². The number of imidazole rings is 1. The summed E-state index contributed by atoms with van der Waals surface area (Å²) in [6, 6.07) is 60.3. The molecule has 7 aromatic carbocycles. The quantitative estimate of drug-likeness (QED) is 0.139. The Morgan fingerprint density at radius 3 is 1.76 bits per heavy atom. The SMILES string of the molecule is CC(C)c1cc(-c2nc3c(-c4[c-]c(-c5cc(-c6ccc(-c7ccccc7)cc6)ccn5)cc(C(C)(C)C)c4)cccc3n2-c2ccc(C(C)(C)C(C)(C)C)cc2-c2ccccc2)c(O)c(C(C)C)c1.[Pt]. The number of pyridine rings is 1. The Labute approximate surface area is 431 Å². The number of aromatic hydroxyl groups is 1. The number of para-hydroxylation sites is 1. The molecule has 9 aromatic rings. The van der Waals surface area contributed by atoms with Crippen molar-refractivity contribution >= 4 is 11.0 Å². The van der Waals surface area contributed by atoms with Crippen molar-refractivity contribution < 1.29 is 26.2 Å². The van der Waals surface area contributed by atoms with Crippen LogP contribution in [-0.4, -0.2) is 19.6 Å². The largest absolute Gasteiger partial charge is 0.507 e. The molecule has 0 saturated heterocycles. The van der Waals surface area contributed by atoms with Crippen LogP contribution in [0.15, 0.2) is 164 Å². The van der Waals surface area contributed by atoms with Gasteiger partial charge in [0.2, 0.25) is 0 Å². The normalized spacial score (nSPS) is 12.2. The van der Waals surface area contributed by atoms with Crippen molar-refractivity contribution in [2.75, 3.05) is 0 Å². The topological polar surface area (TPSA) is 50.9 Å². The first-order chi connectivity index (χ1) is 32.8. The van der Waals surface area contributed by atoms with Gasteiger partial charge in [0.15, 0.2) is 0 Å². The molecule has 0 aliphatic carbocycles. The van der Waals surface area contributed by atoms with E-state index in [0.717, 1.165) is 78.0 Å². The zero-order valence-corrected chi connectivity index (χ0v) is 45.1. The molecule has 0 amide bonds. The maximum Gasteiger partial charge on any atom is 0.148 e. The zero-order chi connectivity index (χ0) is 49.0. The summed E-state index contributed by atoms with van der Waals surface area (Å²) in [5, 5.41) is 12.4. The second-order valence-corrected chi connectivity index (χ2v) is 22.1. The monoisotopic (exact) mass is 1100 g/mol. The minimum Gasteiger partial charge on any atom is -0.507 e. The summed E-state index contributed by atoms with van der Waals surface area (Å²) >= 11 is 0. The number of rotatable bonds is 10. The van der Waals surface area contributed by atoms with E-state index in [0.29, 0.717) is 5.82 Å². The Bertz CT molecular complexity index is 3310. The van der Waals surface area contributed by atoms with Gasteiger partial charge in [-0.2, -0.15) is 0 Å². The maximum atomic E-state index is 12.4. The summed E-state index contributed by atoms with van der Waals surface area (Å²) in [6.45, 7) is 27.1. The van der Waals surface area contributed by atoms with E-state index in [1.807, 2.05) is 12.3 Å². The molecule has 70 heavy (non-hydrogen) atoms. The van der Waals surface area contributed by atoms with Gasteiger partial charge < -0.3 is 5.11 Å². The summed E-state index contributed by atoms with van der Waals surface area (Å²) in [7, 11) is 0. The average Bonchev–Trinajstić information content (AvgIpc) is 3.73. The van der Waals surface area contributed by atoms with Crippen molar-refractivity contribution in [1.29, 1.82) is 0 Å². The van der Waals surface area contributed by atoms with Gasteiger partial charge in [0.05, 0.1) is 22.3 Å². The first-order valence-electron chi connectivity index (χ1n) is 24.6. The van der Waals surface area contributed by atoms with Crippen LogP contribution >= 0.6 is 0 Å². The first-order valence-corrected chi connectivity index (χ1v) is 24.6. The molecule has 1 N–H and O–H groups in total. The number of nitrogens with zero attached hydrogens (tertiary/aromatic N) is 3. The number of phenols is 1. The molecule has 2 aromatic heterocycles. The van der Waals surface area contributed by atoms with Gasteiger partial charge in [-0.3, -0.25) is 9.55 Å². The predicted octanol–water partition coefficient (Wildman–Crippen LogP) is 17.8. The number of benzene rings is 7. The van der Waals surface area contributed by atoms with Crippen LogP contribution in [0.5, 0.6) is 5.75 Å². The molecular weight excluding hydrogens is 1030 g/mol. The summed E-state index contributed by atoms with van der Waals surface area (Å²) in [5.41, 5.74) is 18.2. The van der Waals surface area contributed by atoms with E-state index < -0.39 is 0 Å². The van der Waals surface area contributed by atoms with Gasteiger partial charge >= 0.3 is 0 Å². The molecule has 0 unspecified atom stereocenters. The Hall–Kier alpha value is -6.35. The molecule has 5 heteroatoms. The number of hydrogen-bond acceptors (Lipinski definition) is 3. The molecule has 0 fully saturated rings. The zero-order valence-electron chi connectivity index (χ0n) is 42.8. The van der Waals surface area contributed by atoms with E-state index in [1.54, 1.807) is 0 Å². The molecule has 0 atom stereocenters. The van der Waals surface area contributed by atoms with Gasteiger partial charge in [0, 0.05) is 38.5 Å². The van der Waals surface area contributed by atoms with Crippen LogP contribution in [0, 0.1) is 11.5 Å². The smallest absolute Gasteiger partial charge is 0.148 e. The molecule has 0 bridgehead atoms. The Balaban J connectivity index is 0.00000659. The fraction of sp³-hybridized carbons (Fsp3) is 0.262. The van der Waals surface area contributed by atoms with Crippen molar-refractivity contribution in [2.45, 2.75) is 106 Å². The molecule has 0 saturated carbocycles. The van der Waals surface area contributed by atoms with Gasteiger partial charge in [0.1, 0.15) is 11.6 Å². The third kappa shape index (κ3) is 9.61. The first kappa shape index (κ1) is 50.0. The number of aromatic nitrogens is 3. The van der Waals surface area contributed by atoms with E-state index in [1.165, 1.54) is 22.3 Å². The number of fused-ring (bicyclic) bond motifs is 1. The van der Waals surface area contributed by atoms with Crippen LogP contribution in [-0.2, 0) is 31.9 Å². The molecule has 0 aliphatic heterocycles. The van der Waals surface area contributed by atoms with Crippen molar-refractivity contribution in [3.8, 4) is 78.6 Å². The number of phenolic OH excluding ortho intramolecular Hbond substituents is 1. The molecular formula is C65H66N3OPt-. The van der Waals surface area contributed by atoms with Gasteiger partial charge in [-0.15, -0.1) is 29.3 Å². The van der Waals surface area contributed by atoms with Crippen molar-refractivity contribution in [3.63, 3.8) is 0 Å². The van der Waals surface area contributed by atoms with Gasteiger partial charge in [-0.25, -0.2) is 4.98 Å². The molecule has 0 aliphatic rings. The predicted molar refractivity (Wildman–Crippen MR) is 291 cm³/mol. The Kier molecular flexibility index (Phi) is 13.9. The van der Waals surface area contributed by atoms with E-state index in [2.05, 4.69) is 245 Å². The molecule has 0 spiro atoms. The van der Waals surface area contributed by atoms with Crippen molar-refractivity contribution in [3.05, 3.63) is 192 Å². The molecule has 2 heterocycles. The van der Waals surface area contributed by atoms with E-state index in [4.69, 9.17) is 9.97 Å². The minimum absolute atomic E-state index is 0. The van der Waals surface area contributed by atoms with Crippen LogP contribution in [0.25, 0.3) is 83.9 Å². The summed E-state index contributed by atoms with van der Waals surface area (Å²) in [6.07, 6.45) is 1.91. The van der Waals surface area contributed by atoms with E-state index in [9.17, 15) is 5.11 Å². The minimum atomic E-state index is -0.175. The van der Waals surface area contributed by atoms with Crippen LogP contribution in [0.3, 0.4) is 0 Å². The summed E-state index contributed by atoms with van der Waals surface area (Å²) < 4.78 is 2.29. The van der Waals surface area contributed by atoms with Crippen molar-refractivity contribution in [1.82, 2.24) is 14.5 Å². The molecule has 358 valence electrons. The average molecular weight is 1100 g/mol. The number of hydrogen-bond donors (Lipinski definition) is 1. The Morgan fingerprint density at radius 1 is 0.529 bits per heavy atom. The van der Waals surface area contributed by atoms with Crippen LogP contribution in [0.2, 0.25) is 0 Å². The van der Waals surface area contributed by atoms with E-state index in [-0.39, 0.29) is 54.9 Å². The van der Waals surface area contributed by atoms with Crippen LogP contribution in [0.1, 0.15) is 117 Å². The van der Waals surface area contributed by atoms with E-state index >= 15 is 0 Å². The second kappa shape index (κ2) is 19.4. The molecule has 0 radical (unpaired) electrons. The van der Waals surface area contributed by atoms with Crippen molar-refractivity contribution in [2.24, 2.45) is 5.41 Å².